The highest BCUT2D eigenvalue weighted by Crippen LogP contribution is 2.28. The van der Waals surface area contributed by atoms with Crippen molar-refractivity contribution in [3.05, 3.63) is 41.1 Å². The Labute approximate surface area is 155 Å². The molecule has 1 amide bonds. The molecule has 2 heterocycles. The number of thioether (sulfide) groups is 1. The standard InChI is InChI=1S/C18H19N5O2S/c1-11-14-4-3-5-15(14)17-20-21-18(23(17)22-11)26-10-16(24)19-12-6-8-13(25-2)9-7-12/h6-9H,3-5,10H2,1-2H3,(H,19,24). The Kier molecular flexibility index (Phi) is 4.50. The molecule has 1 aliphatic rings. The van der Waals surface area contributed by atoms with Crippen LogP contribution in [-0.2, 0) is 17.6 Å². The van der Waals surface area contributed by atoms with E-state index < -0.39 is 0 Å². The minimum absolute atomic E-state index is 0.102. The molecule has 26 heavy (non-hydrogen) atoms. The highest BCUT2D eigenvalue weighted by Gasteiger charge is 2.21. The number of amides is 1. The van der Waals surface area contributed by atoms with E-state index in [9.17, 15) is 4.79 Å². The highest BCUT2D eigenvalue weighted by atomic mass is 32.2. The molecule has 0 saturated carbocycles. The van der Waals surface area contributed by atoms with Gasteiger partial charge in [-0.15, -0.1) is 10.2 Å². The van der Waals surface area contributed by atoms with Crippen molar-refractivity contribution in [3.8, 4) is 5.75 Å². The molecule has 0 fully saturated rings. The van der Waals surface area contributed by atoms with Gasteiger partial charge in [0.05, 0.1) is 18.6 Å². The second-order valence-electron chi connectivity index (χ2n) is 6.18. The molecular formula is C18H19N5O2S. The topological polar surface area (TPSA) is 81.4 Å². The maximum absolute atomic E-state index is 12.2. The quantitative estimate of drug-likeness (QED) is 0.697. The zero-order chi connectivity index (χ0) is 18.1. The van der Waals surface area contributed by atoms with Gasteiger partial charge in [0.2, 0.25) is 11.1 Å². The number of carbonyl (C=O) groups excluding carboxylic acids is 1. The first-order chi connectivity index (χ1) is 12.7. The molecule has 3 aromatic rings. The van der Waals surface area contributed by atoms with Crippen molar-refractivity contribution in [2.45, 2.75) is 31.3 Å². The van der Waals surface area contributed by atoms with Crippen molar-refractivity contribution in [3.63, 3.8) is 0 Å². The maximum Gasteiger partial charge on any atom is 0.234 e. The zero-order valence-electron chi connectivity index (χ0n) is 14.7. The summed E-state index contributed by atoms with van der Waals surface area (Å²) < 4.78 is 6.88. The molecule has 0 spiro atoms. The second kappa shape index (κ2) is 6.95. The van der Waals surface area contributed by atoms with Gasteiger partial charge in [0.25, 0.3) is 0 Å². The number of benzene rings is 1. The monoisotopic (exact) mass is 369 g/mol. The molecular weight excluding hydrogens is 350 g/mol. The van der Waals surface area contributed by atoms with Gasteiger partial charge in [0.1, 0.15) is 5.75 Å². The Bertz CT molecular complexity index is 968. The van der Waals surface area contributed by atoms with Crippen LogP contribution in [0.25, 0.3) is 5.65 Å². The van der Waals surface area contributed by atoms with Crippen molar-refractivity contribution in [2.75, 3.05) is 18.2 Å². The number of fused-ring (bicyclic) bond motifs is 3. The average molecular weight is 369 g/mol. The molecule has 0 aliphatic heterocycles. The smallest absolute Gasteiger partial charge is 0.234 e. The van der Waals surface area contributed by atoms with Crippen molar-refractivity contribution < 1.29 is 9.53 Å². The maximum atomic E-state index is 12.2. The predicted octanol–water partition coefficient (Wildman–Crippen LogP) is 2.66. The molecule has 4 rings (SSSR count). The van der Waals surface area contributed by atoms with E-state index >= 15 is 0 Å². The second-order valence-corrected chi connectivity index (χ2v) is 7.12. The van der Waals surface area contributed by atoms with Gasteiger partial charge in [0, 0.05) is 11.3 Å². The first-order valence-corrected chi connectivity index (χ1v) is 9.44. The van der Waals surface area contributed by atoms with Crippen LogP contribution in [0.5, 0.6) is 5.75 Å². The molecule has 7 nitrogen and oxygen atoms in total. The van der Waals surface area contributed by atoms with Gasteiger partial charge in [-0.05, 0) is 56.0 Å². The Morgan fingerprint density at radius 3 is 2.77 bits per heavy atom. The SMILES string of the molecule is COc1ccc(NC(=O)CSc2nnc3c4c(c(C)nn23)CCC4)cc1. The van der Waals surface area contributed by atoms with Crippen LogP contribution in [0.4, 0.5) is 5.69 Å². The number of aryl methyl sites for hydroxylation is 2. The van der Waals surface area contributed by atoms with Gasteiger partial charge < -0.3 is 10.1 Å². The summed E-state index contributed by atoms with van der Waals surface area (Å²) in [5.41, 5.74) is 5.13. The molecule has 0 atom stereocenters. The van der Waals surface area contributed by atoms with Gasteiger partial charge in [-0.25, -0.2) is 0 Å². The molecule has 1 aliphatic carbocycles. The van der Waals surface area contributed by atoms with Gasteiger partial charge in [-0.1, -0.05) is 11.8 Å². The normalized spacial score (nSPS) is 13.0. The fourth-order valence-electron chi connectivity index (χ4n) is 3.24. The summed E-state index contributed by atoms with van der Waals surface area (Å²) >= 11 is 1.34. The van der Waals surface area contributed by atoms with Crippen LogP contribution >= 0.6 is 11.8 Å². The van der Waals surface area contributed by atoms with Crippen LogP contribution in [0.2, 0.25) is 0 Å². The van der Waals surface area contributed by atoms with E-state index in [-0.39, 0.29) is 11.7 Å². The molecule has 1 N–H and O–H groups in total. The summed E-state index contributed by atoms with van der Waals surface area (Å²) in [7, 11) is 1.61. The van der Waals surface area contributed by atoms with Crippen LogP contribution < -0.4 is 10.1 Å². The van der Waals surface area contributed by atoms with E-state index in [0.717, 1.165) is 42.0 Å². The van der Waals surface area contributed by atoms with E-state index in [0.29, 0.717) is 5.16 Å². The van der Waals surface area contributed by atoms with Crippen molar-refractivity contribution >= 4 is 29.0 Å². The molecule has 134 valence electrons. The Morgan fingerprint density at radius 2 is 2.00 bits per heavy atom. The van der Waals surface area contributed by atoms with Crippen molar-refractivity contribution in [2.24, 2.45) is 0 Å². The molecule has 8 heteroatoms. The number of anilines is 1. The van der Waals surface area contributed by atoms with Crippen molar-refractivity contribution in [1.82, 2.24) is 19.8 Å². The highest BCUT2D eigenvalue weighted by molar-refractivity contribution is 7.99. The fourth-order valence-corrected chi connectivity index (χ4v) is 3.92. The van der Waals surface area contributed by atoms with Crippen LogP contribution in [-0.4, -0.2) is 38.6 Å². The first kappa shape index (κ1) is 16.8. The third-order valence-electron chi connectivity index (χ3n) is 4.49. The number of nitrogens with zero attached hydrogens (tertiary/aromatic N) is 4. The largest absolute Gasteiger partial charge is 0.497 e. The summed E-state index contributed by atoms with van der Waals surface area (Å²) in [6.07, 6.45) is 3.21. The molecule has 2 aromatic heterocycles. The minimum atomic E-state index is -0.102. The average Bonchev–Trinajstić information content (AvgIpc) is 3.28. The van der Waals surface area contributed by atoms with Crippen LogP contribution in [0.1, 0.15) is 23.2 Å². The predicted molar refractivity (Wildman–Crippen MR) is 99.9 cm³/mol. The number of hydrogen-bond donors (Lipinski definition) is 1. The van der Waals surface area contributed by atoms with Crippen LogP contribution in [0.15, 0.2) is 29.4 Å². The summed E-state index contributed by atoms with van der Waals surface area (Å²) in [5, 5.41) is 16.6. The fraction of sp³-hybridized carbons (Fsp3) is 0.333. The minimum Gasteiger partial charge on any atom is -0.497 e. The van der Waals surface area contributed by atoms with Crippen LogP contribution in [0, 0.1) is 6.92 Å². The zero-order valence-corrected chi connectivity index (χ0v) is 15.5. The van der Waals surface area contributed by atoms with E-state index in [1.54, 1.807) is 11.6 Å². The number of methoxy groups -OCH3 is 1. The Balaban J connectivity index is 1.46. The van der Waals surface area contributed by atoms with Gasteiger partial charge >= 0.3 is 0 Å². The third kappa shape index (κ3) is 3.12. The summed E-state index contributed by atoms with van der Waals surface area (Å²) in [5.74, 6) is 0.890. The van der Waals surface area contributed by atoms with Gasteiger partial charge in [-0.3, -0.25) is 4.79 Å². The number of aromatic nitrogens is 4. The number of nitrogens with one attached hydrogen (secondary N) is 1. The third-order valence-corrected chi connectivity index (χ3v) is 5.41. The number of hydrogen-bond acceptors (Lipinski definition) is 6. The lowest BCUT2D eigenvalue weighted by Gasteiger charge is -2.07. The van der Waals surface area contributed by atoms with Crippen LogP contribution in [0.3, 0.4) is 0 Å². The summed E-state index contributed by atoms with van der Waals surface area (Å²) in [6.45, 7) is 2.02. The summed E-state index contributed by atoms with van der Waals surface area (Å²) in [4.78, 5) is 12.2. The molecule has 0 bridgehead atoms. The molecule has 0 radical (unpaired) electrons. The molecule has 1 aromatic carbocycles. The van der Waals surface area contributed by atoms with E-state index in [1.165, 1.54) is 22.9 Å². The lowest BCUT2D eigenvalue weighted by atomic mass is 10.1. The van der Waals surface area contributed by atoms with E-state index in [4.69, 9.17) is 4.74 Å². The Morgan fingerprint density at radius 1 is 1.23 bits per heavy atom. The lowest BCUT2D eigenvalue weighted by molar-refractivity contribution is -0.113. The Hall–Kier alpha value is -2.61. The number of carbonyl (C=O) groups is 1. The molecule has 0 saturated heterocycles. The van der Waals surface area contributed by atoms with Crippen molar-refractivity contribution in [1.29, 1.82) is 0 Å². The first-order valence-electron chi connectivity index (χ1n) is 8.46. The van der Waals surface area contributed by atoms with E-state index in [2.05, 4.69) is 20.6 Å². The number of ether oxygens (including phenoxy) is 1. The summed E-state index contributed by atoms with van der Waals surface area (Å²) in [6, 6.07) is 7.23. The van der Waals surface area contributed by atoms with Gasteiger partial charge in [0.15, 0.2) is 5.65 Å². The van der Waals surface area contributed by atoms with Gasteiger partial charge in [-0.2, -0.15) is 9.61 Å². The molecule has 0 unspecified atom stereocenters. The lowest BCUT2D eigenvalue weighted by Crippen LogP contribution is -2.14. The van der Waals surface area contributed by atoms with E-state index in [1.807, 2.05) is 31.2 Å². The number of rotatable bonds is 5.